The fourth-order valence-electron chi connectivity index (χ4n) is 3.70. The summed E-state index contributed by atoms with van der Waals surface area (Å²) in [7, 11) is 6.34. The predicted molar refractivity (Wildman–Crippen MR) is 128 cm³/mol. The number of nitrogens with zero attached hydrogens (tertiary/aromatic N) is 1. The topological polar surface area (TPSA) is 78.9 Å². The Kier molecular flexibility index (Phi) is 6.65. The van der Waals surface area contributed by atoms with Gasteiger partial charge in [-0.3, -0.25) is 9.78 Å². The minimum Gasteiger partial charge on any atom is -0.493 e. The number of ether oxygens (including phenoxy) is 4. The Morgan fingerprint density at radius 2 is 1.58 bits per heavy atom. The van der Waals surface area contributed by atoms with E-state index in [1.54, 1.807) is 40.7 Å². The van der Waals surface area contributed by atoms with E-state index < -0.39 is 6.04 Å². The lowest BCUT2D eigenvalue weighted by Crippen LogP contribution is -2.29. The van der Waals surface area contributed by atoms with Crippen molar-refractivity contribution in [1.82, 2.24) is 10.3 Å². The maximum atomic E-state index is 13.1. The van der Waals surface area contributed by atoms with Gasteiger partial charge in [0.25, 0.3) is 5.91 Å². The Morgan fingerprint density at radius 1 is 0.879 bits per heavy atom. The molecule has 0 spiro atoms. The first-order valence-electron chi connectivity index (χ1n) is 10.2. The van der Waals surface area contributed by atoms with Gasteiger partial charge >= 0.3 is 0 Å². The van der Waals surface area contributed by atoms with Crippen LogP contribution in [0.5, 0.6) is 23.0 Å². The Hall–Kier alpha value is -3.78. The number of fused-ring (bicyclic) bond motifs is 1. The summed E-state index contributed by atoms with van der Waals surface area (Å²) in [6.45, 7) is 0. The van der Waals surface area contributed by atoms with Gasteiger partial charge < -0.3 is 24.3 Å². The number of hydrogen-bond acceptors (Lipinski definition) is 7. The highest BCUT2D eigenvalue weighted by molar-refractivity contribution is 7.12. The highest BCUT2D eigenvalue weighted by atomic mass is 32.1. The summed E-state index contributed by atoms with van der Waals surface area (Å²) in [6, 6.07) is 14.3. The molecule has 2 aromatic carbocycles. The lowest BCUT2D eigenvalue weighted by atomic mass is 9.97. The van der Waals surface area contributed by atoms with Crippen molar-refractivity contribution in [2.75, 3.05) is 28.4 Å². The van der Waals surface area contributed by atoms with Crippen molar-refractivity contribution in [3.05, 3.63) is 76.2 Å². The van der Waals surface area contributed by atoms with Crippen LogP contribution in [-0.2, 0) is 0 Å². The largest absolute Gasteiger partial charge is 0.493 e. The van der Waals surface area contributed by atoms with Gasteiger partial charge in [-0.2, -0.15) is 0 Å². The Morgan fingerprint density at radius 3 is 2.24 bits per heavy atom. The number of nitrogens with one attached hydrogen (secondary N) is 1. The van der Waals surface area contributed by atoms with E-state index in [0.29, 0.717) is 33.6 Å². The van der Waals surface area contributed by atoms with Crippen LogP contribution in [-0.4, -0.2) is 39.3 Å². The van der Waals surface area contributed by atoms with Crippen LogP contribution in [0, 0.1) is 0 Å². The predicted octanol–water partition coefficient (Wildman–Crippen LogP) is 4.85. The third-order valence-corrected chi connectivity index (χ3v) is 6.20. The van der Waals surface area contributed by atoms with E-state index in [9.17, 15) is 4.79 Å². The molecule has 0 fully saturated rings. The molecule has 33 heavy (non-hydrogen) atoms. The number of methoxy groups -OCH3 is 4. The molecule has 170 valence electrons. The lowest BCUT2D eigenvalue weighted by molar-refractivity contribution is 0.0946. The zero-order valence-electron chi connectivity index (χ0n) is 18.7. The van der Waals surface area contributed by atoms with Crippen molar-refractivity contribution in [3.8, 4) is 23.0 Å². The molecular formula is C25H24N2O5S. The number of aromatic nitrogens is 1. The van der Waals surface area contributed by atoms with Crippen LogP contribution in [0.4, 0.5) is 0 Å². The first-order valence-corrected chi connectivity index (χ1v) is 11.0. The smallest absolute Gasteiger partial charge is 0.262 e. The lowest BCUT2D eigenvalue weighted by Gasteiger charge is -2.22. The average molecular weight is 465 g/mol. The van der Waals surface area contributed by atoms with Gasteiger partial charge in [0, 0.05) is 11.6 Å². The number of thiophene rings is 1. The second kappa shape index (κ2) is 9.79. The zero-order chi connectivity index (χ0) is 23.4. The summed E-state index contributed by atoms with van der Waals surface area (Å²) in [4.78, 5) is 18.3. The van der Waals surface area contributed by atoms with Crippen molar-refractivity contribution in [3.63, 3.8) is 0 Å². The molecule has 1 unspecified atom stereocenters. The van der Waals surface area contributed by atoms with E-state index in [1.165, 1.54) is 11.3 Å². The van der Waals surface area contributed by atoms with Crippen molar-refractivity contribution in [2.45, 2.75) is 6.04 Å². The minimum atomic E-state index is -0.554. The number of benzene rings is 2. The number of hydrogen-bond donors (Lipinski definition) is 1. The standard InChI is InChI=1S/C25H24N2O5S/c1-29-18-8-7-16(13-19(18)30-2)23(27-25(28)22-6-5-11-33-22)24-17-14-21(32-4)20(31-3)12-15(17)9-10-26-24/h5-14,23H,1-4H3,(H,27,28). The number of rotatable bonds is 8. The van der Waals surface area contributed by atoms with Gasteiger partial charge in [0.15, 0.2) is 23.0 Å². The SMILES string of the molecule is COc1ccc(C(NC(=O)c2cccs2)c2nccc3cc(OC)c(OC)cc23)cc1OC. The molecule has 8 heteroatoms. The van der Waals surface area contributed by atoms with E-state index in [0.717, 1.165) is 16.3 Å². The van der Waals surface area contributed by atoms with Crippen LogP contribution in [0.25, 0.3) is 10.8 Å². The Bertz CT molecular complexity index is 1270. The number of carbonyl (C=O) groups is 1. The molecule has 0 bridgehead atoms. The van der Waals surface area contributed by atoms with Crippen LogP contribution >= 0.6 is 11.3 Å². The van der Waals surface area contributed by atoms with Gasteiger partial charge in [-0.15, -0.1) is 11.3 Å². The first-order chi connectivity index (χ1) is 16.1. The Labute approximate surface area is 195 Å². The zero-order valence-corrected chi connectivity index (χ0v) is 19.6. The summed E-state index contributed by atoms with van der Waals surface area (Å²) in [5.41, 5.74) is 1.47. The fraction of sp³-hybridized carbons (Fsp3) is 0.200. The number of amides is 1. The molecular weight excluding hydrogens is 440 g/mol. The summed E-state index contributed by atoms with van der Waals surface area (Å²) >= 11 is 1.38. The van der Waals surface area contributed by atoms with E-state index >= 15 is 0 Å². The summed E-state index contributed by atoms with van der Waals surface area (Å²) in [6.07, 6.45) is 1.72. The number of carbonyl (C=O) groups excluding carboxylic acids is 1. The normalized spacial score (nSPS) is 11.6. The Balaban J connectivity index is 1.89. The van der Waals surface area contributed by atoms with E-state index in [-0.39, 0.29) is 5.91 Å². The van der Waals surface area contributed by atoms with Crippen LogP contribution in [0.2, 0.25) is 0 Å². The molecule has 2 heterocycles. The van der Waals surface area contributed by atoms with Crippen LogP contribution in [0.3, 0.4) is 0 Å². The third-order valence-electron chi connectivity index (χ3n) is 5.33. The molecule has 0 aliphatic carbocycles. The van der Waals surface area contributed by atoms with Crippen LogP contribution in [0.15, 0.2) is 60.1 Å². The van der Waals surface area contributed by atoms with E-state index in [2.05, 4.69) is 10.3 Å². The summed E-state index contributed by atoms with van der Waals surface area (Å²) in [5, 5.41) is 6.75. The first kappa shape index (κ1) is 22.4. The third kappa shape index (κ3) is 4.42. The molecule has 4 aromatic rings. The molecule has 1 N–H and O–H groups in total. The molecule has 0 radical (unpaired) electrons. The molecule has 2 aromatic heterocycles. The van der Waals surface area contributed by atoms with Gasteiger partial charge in [0.1, 0.15) is 0 Å². The van der Waals surface area contributed by atoms with Gasteiger partial charge in [-0.25, -0.2) is 0 Å². The van der Waals surface area contributed by atoms with Crippen molar-refractivity contribution in [1.29, 1.82) is 0 Å². The van der Waals surface area contributed by atoms with Gasteiger partial charge in [0.05, 0.1) is 45.1 Å². The highest BCUT2D eigenvalue weighted by Gasteiger charge is 2.24. The minimum absolute atomic E-state index is 0.191. The molecule has 1 amide bonds. The van der Waals surface area contributed by atoms with Crippen molar-refractivity contribution < 1.29 is 23.7 Å². The number of pyridine rings is 1. The molecule has 4 rings (SSSR count). The average Bonchev–Trinajstić information content (AvgIpc) is 3.41. The monoisotopic (exact) mass is 464 g/mol. The van der Waals surface area contributed by atoms with Gasteiger partial charge in [-0.1, -0.05) is 12.1 Å². The molecule has 0 aliphatic rings. The fourth-order valence-corrected chi connectivity index (χ4v) is 4.33. The molecule has 0 saturated carbocycles. The van der Waals surface area contributed by atoms with Crippen molar-refractivity contribution >= 4 is 28.0 Å². The van der Waals surface area contributed by atoms with Crippen molar-refractivity contribution in [2.24, 2.45) is 0 Å². The summed E-state index contributed by atoms with van der Waals surface area (Å²) < 4.78 is 21.9. The van der Waals surface area contributed by atoms with E-state index in [1.807, 2.05) is 47.8 Å². The van der Waals surface area contributed by atoms with Gasteiger partial charge in [0.2, 0.25) is 0 Å². The molecule has 1 atom stereocenters. The van der Waals surface area contributed by atoms with Crippen LogP contribution < -0.4 is 24.3 Å². The highest BCUT2D eigenvalue weighted by Crippen LogP contribution is 2.38. The maximum Gasteiger partial charge on any atom is 0.262 e. The quantitative estimate of drug-likeness (QED) is 0.402. The molecule has 0 saturated heterocycles. The van der Waals surface area contributed by atoms with Gasteiger partial charge in [-0.05, 0) is 52.7 Å². The molecule has 7 nitrogen and oxygen atoms in total. The summed E-state index contributed by atoms with van der Waals surface area (Å²) in [5.74, 6) is 2.16. The van der Waals surface area contributed by atoms with E-state index in [4.69, 9.17) is 18.9 Å². The van der Waals surface area contributed by atoms with Crippen LogP contribution in [0.1, 0.15) is 27.0 Å². The maximum absolute atomic E-state index is 13.1. The second-order valence-electron chi connectivity index (χ2n) is 7.12. The second-order valence-corrected chi connectivity index (χ2v) is 8.07. The molecule has 0 aliphatic heterocycles.